The van der Waals surface area contributed by atoms with Crippen LogP contribution < -0.4 is 0 Å². The summed E-state index contributed by atoms with van der Waals surface area (Å²) < 4.78 is 1.17. The summed E-state index contributed by atoms with van der Waals surface area (Å²) in [5.41, 5.74) is 4.41. The molecule has 2 aromatic rings. The van der Waals surface area contributed by atoms with Gasteiger partial charge in [0.25, 0.3) is 0 Å². The largest absolute Gasteiger partial charge is 0.0836 e. The first-order valence-electron chi connectivity index (χ1n) is 6.70. The Morgan fingerprint density at radius 1 is 1.05 bits per heavy atom. The summed E-state index contributed by atoms with van der Waals surface area (Å²) in [7, 11) is 0. The van der Waals surface area contributed by atoms with Gasteiger partial charge < -0.3 is 0 Å². The first-order valence-corrected chi connectivity index (χ1v) is 8.41. The lowest BCUT2D eigenvalue weighted by Gasteiger charge is -2.30. The quantitative estimate of drug-likeness (QED) is 0.588. The summed E-state index contributed by atoms with van der Waals surface area (Å²) in [6.07, 6.45) is 3.61. The molecule has 2 unspecified atom stereocenters. The Bertz CT molecular complexity index is 577. The molecular weight excluding hydrogens is 364 g/mol. The molecule has 0 saturated heterocycles. The first kappa shape index (κ1) is 13.4. The third-order valence-electron chi connectivity index (χ3n) is 3.94. The molecule has 1 aliphatic rings. The zero-order chi connectivity index (χ0) is 13.2. The van der Waals surface area contributed by atoms with E-state index in [-0.39, 0.29) is 0 Å². The molecule has 0 aromatic heterocycles. The highest BCUT2D eigenvalue weighted by Gasteiger charge is 2.27. The molecule has 0 saturated carbocycles. The molecule has 0 radical (unpaired) electrons. The average Bonchev–Trinajstić information content (AvgIpc) is 2.42. The molecule has 2 heteroatoms. The van der Waals surface area contributed by atoms with Gasteiger partial charge in [0.1, 0.15) is 0 Å². The van der Waals surface area contributed by atoms with Gasteiger partial charge in [-0.15, -0.1) is 0 Å². The van der Waals surface area contributed by atoms with Crippen molar-refractivity contribution in [2.45, 2.75) is 24.1 Å². The van der Waals surface area contributed by atoms with E-state index in [2.05, 4.69) is 80.4 Å². The van der Waals surface area contributed by atoms with Gasteiger partial charge in [-0.05, 0) is 54.0 Å². The number of benzene rings is 2. The standard InChI is InChI=1S/C17H16Br2/c18-15-6-3-4-12(11-15)10-14-9-8-13-5-1-2-7-16(13)17(14)19/h1-7,11,14,17H,8-10H2. The maximum absolute atomic E-state index is 3.92. The van der Waals surface area contributed by atoms with Gasteiger partial charge in [0.2, 0.25) is 0 Å². The number of fused-ring (bicyclic) bond motifs is 1. The lowest BCUT2D eigenvalue weighted by Crippen LogP contribution is -2.18. The second kappa shape index (κ2) is 5.80. The Morgan fingerprint density at radius 3 is 2.74 bits per heavy atom. The lowest BCUT2D eigenvalue weighted by molar-refractivity contribution is 0.452. The average molecular weight is 380 g/mol. The van der Waals surface area contributed by atoms with Crippen molar-refractivity contribution in [3.8, 4) is 0 Å². The van der Waals surface area contributed by atoms with Gasteiger partial charge in [-0.25, -0.2) is 0 Å². The number of alkyl halides is 1. The van der Waals surface area contributed by atoms with Gasteiger partial charge in [-0.3, -0.25) is 0 Å². The van der Waals surface area contributed by atoms with Crippen LogP contribution in [0, 0.1) is 5.92 Å². The summed E-state index contributed by atoms with van der Waals surface area (Å²) >= 11 is 7.47. The molecule has 0 fully saturated rings. The topological polar surface area (TPSA) is 0 Å². The SMILES string of the molecule is Brc1cccc(CC2CCc3ccccc3C2Br)c1. The van der Waals surface area contributed by atoms with Crippen LogP contribution in [0.4, 0.5) is 0 Å². The normalized spacial score (nSPS) is 22.0. The molecule has 2 atom stereocenters. The highest BCUT2D eigenvalue weighted by molar-refractivity contribution is 9.10. The smallest absolute Gasteiger partial charge is 0.0429 e. The summed E-state index contributed by atoms with van der Waals surface area (Å²) in [6, 6.07) is 17.5. The minimum Gasteiger partial charge on any atom is -0.0836 e. The van der Waals surface area contributed by atoms with Crippen molar-refractivity contribution >= 4 is 31.9 Å². The summed E-state index contributed by atoms with van der Waals surface area (Å²) in [4.78, 5) is 0.483. The predicted octanol–water partition coefficient (Wildman–Crippen LogP) is 5.69. The highest BCUT2D eigenvalue weighted by atomic mass is 79.9. The maximum Gasteiger partial charge on any atom is 0.0429 e. The van der Waals surface area contributed by atoms with Crippen molar-refractivity contribution in [2.75, 3.05) is 0 Å². The Morgan fingerprint density at radius 2 is 1.89 bits per heavy atom. The van der Waals surface area contributed by atoms with E-state index in [4.69, 9.17) is 0 Å². The van der Waals surface area contributed by atoms with Crippen LogP contribution in [0.3, 0.4) is 0 Å². The first-order chi connectivity index (χ1) is 9.24. The van der Waals surface area contributed by atoms with Gasteiger partial charge in [-0.2, -0.15) is 0 Å². The highest BCUT2D eigenvalue weighted by Crippen LogP contribution is 2.42. The lowest BCUT2D eigenvalue weighted by atomic mass is 9.81. The Balaban J connectivity index is 1.81. The predicted molar refractivity (Wildman–Crippen MR) is 87.8 cm³/mol. The van der Waals surface area contributed by atoms with Crippen molar-refractivity contribution in [1.29, 1.82) is 0 Å². The molecule has 2 aromatic carbocycles. The van der Waals surface area contributed by atoms with Crippen molar-refractivity contribution in [2.24, 2.45) is 5.92 Å². The van der Waals surface area contributed by atoms with Crippen LogP contribution >= 0.6 is 31.9 Å². The minimum absolute atomic E-state index is 0.483. The number of aryl methyl sites for hydroxylation is 1. The fourth-order valence-electron chi connectivity index (χ4n) is 2.94. The van der Waals surface area contributed by atoms with E-state index in [1.807, 2.05) is 0 Å². The zero-order valence-electron chi connectivity index (χ0n) is 10.7. The molecule has 3 rings (SSSR count). The van der Waals surface area contributed by atoms with Crippen molar-refractivity contribution in [3.05, 3.63) is 69.7 Å². The molecule has 98 valence electrons. The third-order valence-corrected chi connectivity index (χ3v) is 5.67. The van der Waals surface area contributed by atoms with E-state index < -0.39 is 0 Å². The van der Waals surface area contributed by atoms with Crippen LogP contribution in [-0.4, -0.2) is 0 Å². The zero-order valence-corrected chi connectivity index (χ0v) is 13.8. The Labute approximate surface area is 131 Å². The molecule has 0 heterocycles. The number of hydrogen-bond donors (Lipinski definition) is 0. The molecular formula is C17H16Br2. The van der Waals surface area contributed by atoms with E-state index in [0.717, 1.165) is 6.42 Å². The van der Waals surface area contributed by atoms with Crippen molar-refractivity contribution in [1.82, 2.24) is 0 Å². The Hall–Kier alpha value is -0.600. The summed E-state index contributed by atoms with van der Waals surface area (Å²) in [5.74, 6) is 0.684. The van der Waals surface area contributed by atoms with E-state index in [9.17, 15) is 0 Å². The van der Waals surface area contributed by atoms with Crippen LogP contribution in [0.25, 0.3) is 0 Å². The molecule has 0 aliphatic heterocycles. The van der Waals surface area contributed by atoms with Crippen molar-refractivity contribution in [3.63, 3.8) is 0 Å². The molecule has 0 amide bonds. The second-order valence-electron chi connectivity index (χ2n) is 5.23. The molecule has 0 spiro atoms. The van der Waals surface area contributed by atoms with Gasteiger partial charge >= 0.3 is 0 Å². The Kier molecular flexibility index (Phi) is 4.09. The fraction of sp³-hybridized carbons (Fsp3) is 0.294. The number of hydrogen-bond acceptors (Lipinski definition) is 0. The summed E-state index contributed by atoms with van der Waals surface area (Å²) in [5, 5.41) is 0. The second-order valence-corrected chi connectivity index (χ2v) is 7.14. The summed E-state index contributed by atoms with van der Waals surface area (Å²) in [6.45, 7) is 0. The monoisotopic (exact) mass is 378 g/mol. The van der Waals surface area contributed by atoms with Gasteiger partial charge in [0.05, 0.1) is 0 Å². The number of halogens is 2. The molecule has 1 aliphatic carbocycles. The minimum atomic E-state index is 0.483. The maximum atomic E-state index is 3.92. The molecule has 0 N–H and O–H groups in total. The van der Waals surface area contributed by atoms with Crippen LogP contribution in [0.1, 0.15) is 27.9 Å². The van der Waals surface area contributed by atoms with Gasteiger partial charge in [-0.1, -0.05) is 68.3 Å². The van der Waals surface area contributed by atoms with Crippen LogP contribution in [0.15, 0.2) is 53.0 Å². The van der Waals surface area contributed by atoms with Gasteiger partial charge in [0, 0.05) is 9.30 Å². The fourth-order valence-corrected chi connectivity index (χ4v) is 4.29. The van der Waals surface area contributed by atoms with E-state index >= 15 is 0 Å². The third kappa shape index (κ3) is 2.95. The number of rotatable bonds is 2. The van der Waals surface area contributed by atoms with E-state index in [1.165, 1.54) is 34.0 Å². The van der Waals surface area contributed by atoms with E-state index in [1.54, 1.807) is 0 Å². The van der Waals surface area contributed by atoms with Crippen LogP contribution in [0.5, 0.6) is 0 Å². The van der Waals surface area contributed by atoms with Crippen LogP contribution in [0.2, 0.25) is 0 Å². The van der Waals surface area contributed by atoms with E-state index in [0.29, 0.717) is 10.7 Å². The molecule has 19 heavy (non-hydrogen) atoms. The van der Waals surface area contributed by atoms with Crippen LogP contribution in [-0.2, 0) is 12.8 Å². The molecule has 0 bridgehead atoms. The van der Waals surface area contributed by atoms with Crippen molar-refractivity contribution < 1.29 is 0 Å². The molecule has 0 nitrogen and oxygen atoms in total. The van der Waals surface area contributed by atoms with Gasteiger partial charge in [0.15, 0.2) is 0 Å².